The molecule has 1 aliphatic carbocycles. The number of hydrogen-bond donors (Lipinski definition) is 2. The Morgan fingerprint density at radius 1 is 1.14 bits per heavy atom. The fourth-order valence-corrected chi connectivity index (χ4v) is 7.44. The van der Waals surface area contributed by atoms with E-state index in [0.717, 1.165) is 68.5 Å². The summed E-state index contributed by atoms with van der Waals surface area (Å²) < 4.78 is 8.98. The minimum Gasteiger partial charge on any atom is -0.507 e. The number of anilines is 1. The lowest BCUT2D eigenvalue weighted by Crippen LogP contribution is -3.12. The minimum atomic E-state index is -0.0646. The number of thiophene rings is 1. The number of nitrogens with zero attached hydrogens (tertiary/aromatic N) is 5. The molecule has 44 heavy (non-hydrogen) atoms. The Morgan fingerprint density at radius 3 is 2.64 bits per heavy atom. The molecule has 0 atom stereocenters. The monoisotopic (exact) mass is 613 g/mol. The number of benzene rings is 1. The lowest BCUT2D eigenvalue weighted by molar-refractivity contribution is -0.880. The summed E-state index contributed by atoms with van der Waals surface area (Å²) in [4.78, 5) is 40.8. The molecule has 2 fully saturated rings. The Kier molecular flexibility index (Phi) is 7.37. The fourth-order valence-electron chi connectivity index (χ4n) is 6.53. The normalized spacial score (nSPS) is 16.4. The number of aromatic hydroxyl groups is 1. The van der Waals surface area contributed by atoms with Crippen molar-refractivity contribution in [3.05, 3.63) is 69.2 Å². The molecule has 5 heterocycles. The summed E-state index contributed by atoms with van der Waals surface area (Å²) in [6, 6.07) is 9.29. The number of aromatic nitrogens is 3. The van der Waals surface area contributed by atoms with E-state index in [4.69, 9.17) is 9.40 Å². The first-order valence-electron chi connectivity index (χ1n) is 15.3. The van der Waals surface area contributed by atoms with E-state index in [0.29, 0.717) is 45.2 Å². The Balaban J connectivity index is 1.20. The molecular formula is C33H37N6O4S+. The number of rotatable bonds is 6. The van der Waals surface area contributed by atoms with Crippen LogP contribution >= 0.6 is 11.3 Å². The van der Waals surface area contributed by atoms with Crippen LogP contribution < -0.4 is 15.2 Å². The number of phenols is 1. The van der Waals surface area contributed by atoms with E-state index in [9.17, 15) is 14.7 Å². The molecule has 7 rings (SSSR count). The highest BCUT2D eigenvalue weighted by Crippen LogP contribution is 2.39. The van der Waals surface area contributed by atoms with E-state index < -0.39 is 0 Å². The topological polar surface area (TPSA) is 109 Å². The van der Waals surface area contributed by atoms with Crippen molar-refractivity contribution >= 4 is 44.4 Å². The third-order valence-corrected chi connectivity index (χ3v) is 9.99. The van der Waals surface area contributed by atoms with E-state index in [1.165, 1.54) is 16.2 Å². The predicted octanol–water partition coefficient (Wildman–Crippen LogP) is 3.71. The first-order valence-corrected chi connectivity index (χ1v) is 16.2. The highest BCUT2D eigenvalue weighted by molar-refractivity contribution is 7.17. The Bertz CT molecular complexity index is 1930. The van der Waals surface area contributed by atoms with Crippen molar-refractivity contribution in [3.8, 4) is 16.9 Å². The van der Waals surface area contributed by atoms with E-state index >= 15 is 0 Å². The second kappa shape index (κ2) is 11.4. The molecule has 228 valence electrons. The summed E-state index contributed by atoms with van der Waals surface area (Å²) in [5.74, 6) is 1.27. The van der Waals surface area contributed by atoms with Crippen molar-refractivity contribution in [3.63, 3.8) is 0 Å². The SMILES string of the molecule is CN(C)C(=O)c1cc2cnc(Cc3ccc(-c4csc5c(=O)cc(N6CC[NH+](C)CC6)oc45)c(O)c3)nc2n1C1CCCC1. The first kappa shape index (κ1) is 28.5. The van der Waals surface area contributed by atoms with E-state index in [-0.39, 0.29) is 23.1 Å². The number of piperazine rings is 1. The van der Waals surface area contributed by atoms with Gasteiger partial charge in [0.15, 0.2) is 5.58 Å². The van der Waals surface area contributed by atoms with Gasteiger partial charge in [-0.25, -0.2) is 9.97 Å². The molecule has 0 radical (unpaired) electrons. The van der Waals surface area contributed by atoms with E-state index in [2.05, 4.69) is 21.5 Å². The number of carbonyl (C=O) groups excluding carboxylic acids is 1. The van der Waals surface area contributed by atoms with Crippen LogP contribution in [-0.2, 0) is 6.42 Å². The predicted molar refractivity (Wildman–Crippen MR) is 172 cm³/mol. The fraction of sp³-hybridized carbons (Fsp3) is 0.394. The third-order valence-electron chi connectivity index (χ3n) is 9.01. The second-order valence-electron chi connectivity index (χ2n) is 12.3. The number of phenolic OH excluding ortho intramolecular Hbond substituents is 1. The second-order valence-corrected chi connectivity index (χ2v) is 13.2. The van der Waals surface area contributed by atoms with Crippen LogP contribution in [0.3, 0.4) is 0 Å². The number of likely N-dealkylation sites (N-methyl/N-ethyl adjacent to an activating group) is 1. The molecule has 1 amide bonds. The van der Waals surface area contributed by atoms with Crippen LogP contribution in [0, 0.1) is 0 Å². The number of hydrogen-bond acceptors (Lipinski definition) is 8. The van der Waals surface area contributed by atoms with Gasteiger partial charge in [0.1, 0.15) is 27.6 Å². The van der Waals surface area contributed by atoms with Gasteiger partial charge in [-0.2, -0.15) is 0 Å². The van der Waals surface area contributed by atoms with Gasteiger partial charge in [0.2, 0.25) is 11.3 Å². The molecular weight excluding hydrogens is 576 g/mol. The van der Waals surface area contributed by atoms with Gasteiger partial charge in [0.25, 0.3) is 5.91 Å². The summed E-state index contributed by atoms with van der Waals surface area (Å²) in [6.45, 7) is 3.62. The average molecular weight is 614 g/mol. The van der Waals surface area contributed by atoms with Gasteiger partial charge in [-0.15, -0.1) is 11.3 Å². The van der Waals surface area contributed by atoms with Gasteiger partial charge in [-0.3, -0.25) is 9.59 Å². The quantitative estimate of drug-likeness (QED) is 0.301. The zero-order chi connectivity index (χ0) is 30.5. The van der Waals surface area contributed by atoms with Gasteiger partial charge >= 0.3 is 0 Å². The van der Waals surface area contributed by atoms with Gasteiger partial charge < -0.3 is 28.8 Å². The molecule has 0 spiro atoms. The number of amides is 1. The van der Waals surface area contributed by atoms with Crippen LogP contribution in [0.2, 0.25) is 0 Å². The van der Waals surface area contributed by atoms with Crippen LogP contribution in [-0.4, -0.2) is 77.8 Å². The van der Waals surface area contributed by atoms with E-state index in [1.807, 2.05) is 23.6 Å². The highest BCUT2D eigenvalue weighted by atomic mass is 32.1. The number of carbonyl (C=O) groups is 1. The van der Waals surface area contributed by atoms with Crippen molar-refractivity contribution in [2.45, 2.75) is 38.1 Å². The number of fused-ring (bicyclic) bond motifs is 2. The summed E-state index contributed by atoms with van der Waals surface area (Å²) >= 11 is 1.34. The van der Waals surface area contributed by atoms with Crippen LogP contribution in [0.1, 0.15) is 53.6 Å². The van der Waals surface area contributed by atoms with Crippen molar-refractivity contribution in [1.29, 1.82) is 0 Å². The minimum absolute atomic E-state index is 0.0367. The van der Waals surface area contributed by atoms with Gasteiger partial charge in [-0.1, -0.05) is 25.0 Å². The molecule has 1 saturated heterocycles. The largest absolute Gasteiger partial charge is 0.507 e. The van der Waals surface area contributed by atoms with Crippen LogP contribution in [0.4, 0.5) is 5.88 Å². The lowest BCUT2D eigenvalue weighted by Gasteiger charge is -2.30. The Morgan fingerprint density at radius 2 is 1.91 bits per heavy atom. The Hall–Kier alpha value is -4.22. The molecule has 0 bridgehead atoms. The summed E-state index contributed by atoms with van der Waals surface area (Å²) in [5.41, 5.74) is 4.05. The van der Waals surface area contributed by atoms with Crippen LogP contribution in [0.25, 0.3) is 32.4 Å². The van der Waals surface area contributed by atoms with Gasteiger partial charge in [0.05, 0.1) is 33.2 Å². The maximum atomic E-state index is 13.0. The standard InChI is InChI=1S/C33H36N6O4S/c1-36(2)33(42)25-16-21-18-34-28(35-32(21)39(25)22-6-4-5-7-22)15-20-8-9-23(26(40)14-20)24-19-44-31-27(41)17-29(43-30(24)31)38-12-10-37(3)11-13-38/h8-9,14,16-19,22,40H,4-7,10-13,15H2,1-3H3/p+1. The molecule has 1 saturated carbocycles. The zero-order valence-corrected chi connectivity index (χ0v) is 26.1. The van der Waals surface area contributed by atoms with Crippen molar-refractivity contribution in [1.82, 2.24) is 19.4 Å². The summed E-state index contributed by atoms with van der Waals surface area (Å²) in [7, 11) is 5.71. The maximum Gasteiger partial charge on any atom is 0.270 e. The number of nitrogens with one attached hydrogen (secondary N) is 1. The summed E-state index contributed by atoms with van der Waals surface area (Å²) in [5, 5.41) is 13.9. The van der Waals surface area contributed by atoms with Crippen LogP contribution in [0.15, 0.2) is 51.1 Å². The molecule has 2 aliphatic rings. The third kappa shape index (κ3) is 5.13. The highest BCUT2D eigenvalue weighted by Gasteiger charge is 2.27. The molecule has 10 nitrogen and oxygen atoms in total. The molecule has 0 unspecified atom stereocenters. The zero-order valence-electron chi connectivity index (χ0n) is 25.3. The molecule has 2 N–H and O–H groups in total. The maximum absolute atomic E-state index is 13.0. The molecule has 5 aromatic rings. The summed E-state index contributed by atoms with van der Waals surface area (Å²) in [6.07, 6.45) is 6.56. The van der Waals surface area contributed by atoms with Crippen molar-refractivity contribution in [2.24, 2.45) is 0 Å². The lowest BCUT2D eigenvalue weighted by atomic mass is 10.0. The first-order chi connectivity index (χ1) is 21.3. The van der Waals surface area contributed by atoms with Gasteiger partial charge in [-0.05, 0) is 30.5 Å². The van der Waals surface area contributed by atoms with Crippen molar-refractivity contribution in [2.75, 3.05) is 52.2 Å². The Labute approximate surface area is 259 Å². The molecule has 1 aliphatic heterocycles. The van der Waals surface area contributed by atoms with Crippen molar-refractivity contribution < 1.29 is 19.2 Å². The molecule has 4 aromatic heterocycles. The molecule has 11 heteroatoms. The number of quaternary nitrogens is 1. The van der Waals surface area contributed by atoms with Gasteiger partial charge in [0, 0.05) is 60.7 Å². The van der Waals surface area contributed by atoms with E-state index in [1.54, 1.807) is 37.3 Å². The average Bonchev–Trinajstić information content (AvgIpc) is 3.76. The molecule has 1 aromatic carbocycles. The van der Waals surface area contributed by atoms with Crippen LogP contribution in [0.5, 0.6) is 5.75 Å². The smallest absolute Gasteiger partial charge is 0.270 e.